The Morgan fingerprint density at radius 3 is 2.52 bits per heavy atom. The van der Waals surface area contributed by atoms with Crippen LogP contribution in [0, 0.1) is 46.3 Å². The van der Waals surface area contributed by atoms with E-state index in [1.807, 2.05) is 13.8 Å². The lowest BCUT2D eigenvalue weighted by Crippen LogP contribution is -2.58. The standard InChI is InChI=1S/C26H44O3/c1-16(10-12-24(2,3)29)20-8-9-21-19-7-6-17-14-18(27)11-13-25(17,4)23(19)22(28)15-26(20,21)5/h16-21,23,27,29H,6-15H2,1-5H3/t16-,17+,18+,19+,20-,21+,23-,25+,26-/m1/s1. The molecular formula is C26H44O3. The molecule has 2 N–H and O–H groups in total. The fourth-order valence-corrected chi connectivity index (χ4v) is 8.80. The maximum absolute atomic E-state index is 13.7. The summed E-state index contributed by atoms with van der Waals surface area (Å²) < 4.78 is 0. The Kier molecular flexibility index (Phi) is 5.51. The van der Waals surface area contributed by atoms with Gasteiger partial charge in [0.2, 0.25) is 0 Å². The third-order valence-electron chi connectivity index (χ3n) is 10.3. The van der Waals surface area contributed by atoms with Crippen molar-refractivity contribution >= 4 is 5.78 Å². The highest BCUT2D eigenvalue weighted by Gasteiger charge is 2.63. The van der Waals surface area contributed by atoms with Crippen LogP contribution in [0.15, 0.2) is 0 Å². The minimum atomic E-state index is -0.598. The Morgan fingerprint density at radius 2 is 1.83 bits per heavy atom. The molecule has 0 aliphatic heterocycles. The summed E-state index contributed by atoms with van der Waals surface area (Å²) in [7, 11) is 0. The summed E-state index contributed by atoms with van der Waals surface area (Å²) in [6.45, 7) is 11.0. The monoisotopic (exact) mass is 404 g/mol. The number of ketones is 1. The van der Waals surface area contributed by atoms with Crippen molar-refractivity contribution in [2.75, 3.05) is 0 Å². The Labute approximate surface area is 178 Å². The van der Waals surface area contributed by atoms with E-state index in [4.69, 9.17) is 0 Å². The molecule has 29 heavy (non-hydrogen) atoms. The van der Waals surface area contributed by atoms with Gasteiger partial charge in [0.15, 0.2) is 0 Å². The van der Waals surface area contributed by atoms with Gasteiger partial charge in [0.25, 0.3) is 0 Å². The van der Waals surface area contributed by atoms with E-state index in [2.05, 4.69) is 20.8 Å². The fraction of sp³-hybridized carbons (Fsp3) is 0.962. The molecule has 4 saturated carbocycles. The molecule has 0 bridgehead atoms. The Balaban J connectivity index is 1.55. The van der Waals surface area contributed by atoms with E-state index in [-0.39, 0.29) is 22.9 Å². The van der Waals surface area contributed by atoms with E-state index >= 15 is 0 Å². The Bertz CT molecular complexity index is 636. The van der Waals surface area contributed by atoms with Gasteiger partial charge in [-0.2, -0.15) is 0 Å². The van der Waals surface area contributed by atoms with Crippen molar-refractivity contribution in [1.29, 1.82) is 0 Å². The first-order valence-corrected chi connectivity index (χ1v) is 12.4. The lowest BCUT2D eigenvalue weighted by Gasteiger charge is -2.60. The zero-order chi connectivity index (χ0) is 21.2. The van der Waals surface area contributed by atoms with Crippen molar-refractivity contribution < 1.29 is 15.0 Å². The molecule has 4 rings (SSSR count). The largest absolute Gasteiger partial charge is 0.393 e. The quantitative estimate of drug-likeness (QED) is 0.662. The van der Waals surface area contributed by atoms with Crippen LogP contribution in [0.2, 0.25) is 0 Å². The minimum absolute atomic E-state index is 0.116. The van der Waals surface area contributed by atoms with Gasteiger partial charge < -0.3 is 10.2 Å². The topological polar surface area (TPSA) is 57.5 Å². The summed E-state index contributed by atoms with van der Waals surface area (Å²) >= 11 is 0. The molecular weight excluding hydrogens is 360 g/mol. The highest BCUT2D eigenvalue weighted by Crippen LogP contribution is 2.67. The zero-order valence-corrected chi connectivity index (χ0v) is 19.4. The third-order valence-corrected chi connectivity index (χ3v) is 10.3. The van der Waals surface area contributed by atoms with Crippen molar-refractivity contribution in [1.82, 2.24) is 0 Å². The van der Waals surface area contributed by atoms with E-state index in [9.17, 15) is 15.0 Å². The van der Waals surface area contributed by atoms with Gasteiger partial charge >= 0.3 is 0 Å². The van der Waals surface area contributed by atoms with Crippen LogP contribution in [-0.4, -0.2) is 27.7 Å². The molecule has 4 aliphatic rings. The number of aliphatic hydroxyl groups excluding tert-OH is 1. The summed E-state index contributed by atoms with van der Waals surface area (Å²) in [5, 5.41) is 20.4. The van der Waals surface area contributed by atoms with Crippen LogP contribution in [0.1, 0.15) is 98.8 Å². The van der Waals surface area contributed by atoms with Gasteiger partial charge in [-0.15, -0.1) is 0 Å². The third kappa shape index (κ3) is 3.63. The fourth-order valence-electron chi connectivity index (χ4n) is 8.80. The van der Waals surface area contributed by atoms with E-state index in [0.29, 0.717) is 35.4 Å². The van der Waals surface area contributed by atoms with Crippen molar-refractivity contribution in [3.8, 4) is 0 Å². The molecule has 0 aromatic carbocycles. The van der Waals surface area contributed by atoms with Crippen LogP contribution >= 0.6 is 0 Å². The van der Waals surface area contributed by atoms with Crippen LogP contribution in [0.5, 0.6) is 0 Å². The van der Waals surface area contributed by atoms with Gasteiger partial charge in [-0.25, -0.2) is 0 Å². The van der Waals surface area contributed by atoms with Gasteiger partial charge in [-0.3, -0.25) is 4.79 Å². The van der Waals surface area contributed by atoms with Gasteiger partial charge in [0.05, 0.1) is 11.7 Å². The maximum atomic E-state index is 13.7. The molecule has 4 aliphatic carbocycles. The second kappa shape index (κ2) is 7.33. The first kappa shape index (κ1) is 21.8. The molecule has 0 radical (unpaired) electrons. The number of carbonyl (C=O) groups excluding carboxylic acids is 1. The molecule has 0 aromatic rings. The predicted molar refractivity (Wildman–Crippen MR) is 116 cm³/mol. The van der Waals surface area contributed by atoms with Crippen molar-refractivity contribution in [3.63, 3.8) is 0 Å². The van der Waals surface area contributed by atoms with Crippen LogP contribution < -0.4 is 0 Å². The van der Waals surface area contributed by atoms with Crippen LogP contribution in [0.3, 0.4) is 0 Å². The van der Waals surface area contributed by atoms with Crippen molar-refractivity contribution in [2.45, 2.75) is 111 Å². The second-order valence-corrected chi connectivity index (χ2v) is 12.6. The van der Waals surface area contributed by atoms with Crippen molar-refractivity contribution in [2.24, 2.45) is 46.3 Å². The summed E-state index contributed by atoms with van der Waals surface area (Å²) in [5.74, 6) is 3.73. The van der Waals surface area contributed by atoms with Crippen LogP contribution in [0.25, 0.3) is 0 Å². The van der Waals surface area contributed by atoms with Gasteiger partial charge in [0.1, 0.15) is 5.78 Å². The van der Waals surface area contributed by atoms with E-state index < -0.39 is 5.60 Å². The van der Waals surface area contributed by atoms with E-state index in [1.54, 1.807) is 0 Å². The number of hydrogen-bond donors (Lipinski definition) is 2. The Morgan fingerprint density at radius 1 is 1.10 bits per heavy atom. The number of carbonyl (C=O) groups is 1. The zero-order valence-electron chi connectivity index (χ0n) is 19.4. The normalized spacial score (nSPS) is 48.6. The van der Waals surface area contributed by atoms with Gasteiger partial charge in [0, 0.05) is 12.3 Å². The van der Waals surface area contributed by atoms with Crippen molar-refractivity contribution in [3.05, 3.63) is 0 Å². The molecule has 0 unspecified atom stereocenters. The first-order valence-electron chi connectivity index (χ1n) is 12.4. The number of rotatable bonds is 4. The molecule has 0 amide bonds. The average molecular weight is 405 g/mol. The molecule has 9 atom stereocenters. The Hall–Kier alpha value is -0.410. The number of fused-ring (bicyclic) bond motifs is 5. The minimum Gasteiger partial charge on any atom is -0.393 e. The number of Topliss-reactive ketones (excluding diaryl/α,β-unsaturated/α-hetero) is 1. The molecule has 3 heteroatoms. The highest BCUT2D eigenvalue weighted by molar-refractivity contribution is 5.84. The molecule has 0 aromatic heterocycles. The molecule has 0 heterocycles. The van der Waals surface area contributed by atoms with Gasteiger partial charge in [-0.1, -0.05) is 20.8 Å². The summed E-state index contributed by atoms with van der Waals surface area (Å²) in [5.41, 5.74) is -0.334. The number of aliphatic hydroxyl groups is 2. The summed E-state index contributed by atoms with van der Waals surface area (Å²) in [4.78, 5) is 13.7. The molecule has 166 valence electrons. The molecule has 0 spiro atoms. The smallest absolute Gasteiger partial charge is 0.137 e. The first-order chi connectivity index (χ1) is 13.5. The predicted octanol–water partition coefficient (Wildman–Crippen LogP) is 5.37. The molecule has 0 saturated heterocycles. The molecule has 3 nitrogen and oxygen atoms in total. The lowest BCUT2D eigenvalue weighted by molar-refractivity contribution is -0.162. The maximum Gasteiger partial charge on any atom is 0.137 e. The summed E-state index contributed by atoms with van der Waals surface area (Å²) in [6.07, 6.45) is 10.2. The average Bonchev–Trinajstić information content (AvgIpc) is 2.96. The summed E-state index contributed by atoms with van der Waals surface area (Å²) in [6, 6.07) is 0. The van der Waals surface area contributed by atoms with Crippen LogP contribution in [0.4, 0.5) is 0 Å². The number of hydrogen-bond acceptors (Lipinski definition) is 3. The second-order valence-electron chi connectivity index (χ2n) is 12.6. The highest BCUT2D eigenvalue weighted by atomic mass is 16.3. The molecule has 4 fully saturated rings. The SMILES string of the molecule is C[C@H](CCC(C)(C)O)[C@H]1CC[C@H]2[C@@H]3CC[C@H]4C[C@@H](O)CC[C@]4(C)[C@H]3C(=O)C[C@]12C. The van der Waals surface area contributed by atoms with E-state index in [1.165, 1.54) is 25.7 Å². The lowest BCUT2D eigenvalue weighted by atomic mass is 9.44. The van der Waals surface area contributed by atoms with Crippen LogP contribution in [-0.2, 0) is 4.79 Å². The van der Waals surface area contributed by atoms with Gasteiger partial charge in [-0.05, 0) is 112 Å². The van der Waals surface area contributed by atoms with E-state index in [0.717, 1.165) is 38.5 Å².